The summed E-state index contributed by atoms with van der Waals surface area (Å²) in [6, 6.07) is 6.62. The molecule has 2 unspecified atom stereocenters. The van der Waals surface area contributed by atoms with Gasteiger partial charge in [-0.05, 0) is 30.0 Å². The summed E-state index contributed by atoms with van der Waals surface area (Å²) < 4.78 is 13.6. The molecule has 0 bridgehead atoms. The molecule has 3 heteroatoms. The molecular weight excluding hydrogens is 215 g/mol. The fourth-order valence-electron chi connectivity index (χ4n) is 2.38. The number of benzene rings is 1. The zero-order valence-electron chi connectivity index (χ0n) is 10.3. The maximum atomic E-state index is 13.6. The SMILES string of the molecule is CC1CN(Cc2cc(C#N)ccc2F)CC1C. The molecule has 1 aromatic carbocycles. The smallest absolute Gasteiger partial charge is 0.127 e. The summed E-state index contributed by atoms with van der Waals surface area (Å²) in [5.41, 5.74) is 1.16. The maximum absolute atomic E-state index is 13.6. The summed E-state index contributed by atoms with van der Waals surface area (Å²) >= 11 is 0. The van der Waals surface area contributed by atoms with Crippen molar-refractivity contribution in [3.8, 4) is 6.07 Å². The van der Waals surface area contributed by atoms with E-state index in [1.54, 1.807) is 6.07 Å². The van der Waals surface area contributed by atoms with E-state index >= 15 is 0 Å². The van der Waals surface area contributed by atoms with Gasteiger partial charge in [0, 0.05) is 25.2 Å². The predicted molar refractivity (Wildman–Crippen MR) is 64.7 cm³/mol. The van der Waals surface area contributed by atoms with Crippen molar-refractivity contribution in [2.75, 3.05) is 13.1 Å². The molecule has 1 saturated heterocycles. The van der Waals surface area contributed by atoms with Crippen LogP contribution in [-0.4, -0.2) is 18.0 Å². The highest BCUT2D eigenvalue weighted by Crippen LogP contribution is 2.24. The second-order valence-electron chi connectivity index (χ2n) is 5.07. The molecule has 0 N–H and O–H groups in total. The fourth-order valence-corrected chi connectivity index (χ4v) is 2.38. The molecular formula is C14H17FN2. The third kappa shape index (κ3) is 2.65. The summed E-state index contributed by atoms with van der Waals surface area (Å²) in [5, 5.41) is 8.81. The Bertz CT molecular complexity index is 440. The van der Waals surface area contributed by atoms with E-state index in [4.69, 9.17) is 5.26 Å². The minimum absolute atomic E-state index is 0.212. The maximum Gasteiger partial charge on any atom is 0.127 e. The minimum atomic E-state index is -0.212. The van der Waals surface area contributed by atoms with Crippen LogP contribution in [0.15, 0.2) is 18.2 Å². The van der Waals surface area contributed by atoms with Gasteiger partial charge in [-0.15, -0.1) is 0 Å². The van der Waals surface area contributed by atoms with Gasteiger partial charge in [-0.2, -0.15) is 5.26 Å². The Balaban J connectivity index is 2.11. The van der Waals surface area contributed by atoms with Crippen LogP contribution < -0.4 is 0 Å². The van der Waals surface area contributed by atoms with Gasteiger partial charge in [-0.3, -0.25) is 4.90 Å². The van der Waals surface area contributed by atoms with Crippen LogP contribution in [0.2, 0.25) is 0 Å². The van der Waals surface area contributed by atoms with Gasteiger partial charge in [0.25, 0.3) is 0 Å². The van der Waals surface area contributed by atoms with Gasteiger partial charge >= 0.3 is 0 Å². The molecule has 0 aromatic heterocycles. The Morgan fingerprint density at radius 2 is 2.00 bits per heavy atom. The number of rotatable bonds is 2. The zero-order valence-corrected chi connectivity index (χ0v) is 10.3. The Kier molecular flexibility index (Phi) is 3.44. The van der Waals surface area contributed by atoms with E-state index in [1.165, 1.54) is 12.1 Å². The molecule has 90 valence electrons. The van der Waals surface area contributed by atoms with Crippen molar-refractivity contribution in [2.45, 2.75) is 20.4 Å². The molecule has 2 nitrogen and oxygen atoms in total. The van der Waals surface area contributed by atoms with Gasteiger partial charge in [0.2, 0.25) is 0 Å². The number of nitriles is 1. The molecule has 1 aliphatic heterocycles. The first kappa shape index (κ1) is 12.1. The molecule has 1 aromatic rings. The summed E-state index contributed by atoms with van der Waals surface area (Å²) in [5.74, 6) is 1.12. The lowest BCUT2D eigenvalue weighted by Gasteiger charge is -2.16. The van der Waals surface area contributed by atoms with Crippen molar-refractivity contribution in [3.63, 3.8) is 0 Å². The van der Waals surface area contributed by atoms with Gasteiger partial charge in [-0.25, -0.2) is 4.39 Å². The molecule has 1 aliphatic rings. The molecule has 2 rings (SSSR count). The summed E-state index contributed by atoms with van der Waals surface area (Å²) in [6.07, 6.45) is 0. The molecule has 0 radical (unpaired) electrons. The number of nitrogens with zero attached hydrogens (tertiary/aromatic N) is 2. The van der Waals surface area contributed by atoms with Crippen LogP contribution >= 0.6 is 0 Å². The Morgan fingerprint density at radius 1 is 1.35 bits per heavy atom. The molecule has 17 heavy (non-hydrogen) atoms. The van der Waals surface area contributed by atoms with E-state index in [0.29, 0.717) is 29.5 Å². The Morgan fingerprint density at radius 3 is 2.59 bits per heavy atom. The van der Waals surface area contributed by atoms with Crippen LogP contribution in [0.1, 0.15) is 25.0 Å². The third-order valence-electron chi connectivity index (χ3n) is 3.63. The lowest BCUT2D eigenvalue weighted by Crippen LogP contribution is -2.20. The number of hydrogen-bond donors (Lipinski definition) is 0. The summed E-state index contributed by atoms with van der Waals surface area (Å²) in [6.45, 7) is 7.09. The van der Waals surface area contributed by atoms with Crippen LogP contribution in [0.4, 0.5) is 4.39 Å². The van der Waals surface area contributed by atoms with Gasteiger partial charge in [-0.1, -0.05) is 13.8 Å². The molecule has 1 fully saturated rings. The van der Waals surface area contributed by atoms with E-state index in [1.807, 2.05) is 0 Å². The molecule has 2 atom stereocenters. The van der Waals surface area contributed by atoms with Crippen molar-refractivity contribution < 1.29 is 4.39 Å². The van der Waals surface area contributed by atoms with Gasteiger partial charge < -0.3 is 0 Å². The second-order valence-corrected chi connectivity index (χ2v) is 5.07. The average Bonchev–Trinajstić information content (AvgIpc) is 2.61. The summed E-state index contributed by atoms with van der Waals surface area (Å²) in [4.78, 5) is 2.26. The Hall–Kier alpha value is -1.40. The highest BCUT2D eigenvalue weighted by molar-refractivity contribution is 5.33. The number of hydrogen-bond acceptors (Lipinski definition) is 2. The molecule has 0 saturated carbocycles. The van der Waals surface area contributed by atoms with E-state index in [2.05, 4.69) is 24.8 Å². The Labute approximate surface area is 102 Å². The molecule has 0 amide bonds. The molecule has 0 aliphatic carbocycles. The van der Waals surface area contributed by atoms with Crippen LogP contribution in [0, 0.1) is 29.0 Å². The van der Waals surface area contributed by atoms with Crippen molar-refractivity contribution in [1.29, 1.82) is 5.26 Å². The first-order chi connectivity index (χ1) is 8.10. The predicted octanol–water partition coefficient (Wildman–Crippen LogP) is 2.79. The minimum Gasteiger partial charge on any atom is -0.298 e. The first-order valence-corrected chi connectivity index (χ1v) is 6.01. The van der Waals surface area contributed by atoms with E-state index in [0.717, 1.165) is 13.1 Å². The van der Waals surface area contributed by atoms with Crippen molar-refractivity contribution in [3.05, 3.63) is 35.1 Å². The van der Waals surface area contributed by atoms with Gasteiger partial charge in [0.05, 0.1) is 11.6 Å². The standard InChI is InChI=1S/C14H17FN2/c1-10-7-17(8-11(10)2)9-13-5-12(6-16)3-4-14(13)15/h3-5,10-11H,7-9H2,1-2H3. The van der Waals surface area contributed by atoms with Gasteiger partial charge in [0.15, 0.2) is 0 Å². The van der Waals surface area contributed by atoms with Crippen molar-refractivity contribution >= 4 is 0 Å². The normalized spacial score (nSPS) is 24.8. The van der Waals surface area contributed by atoms with Crippen LogP contribution in [0.5, 0.6) is 0 Å². The zero-order chi connectivity index (χ0) is 12.4. The van der Waals surface area contributed by atoms with E-state index in [-0.39, 0.29) is 5.82 Å². The lowest BCUT2D eigenvalue weighted by atomic mass is 10.0. The number of halogens is 1. The number of likely N-dealkylation sites (tertiary alicyclic amines) is 1. The molecule has 0 spiro atoms. The van der Waals surface area contributed by atoms with Crippen LogP contribution in [-0.2, 0) is 6.54 Å². The van der Waals surface area contributed by atoms with Crippen LogP contribution in [0.3, 0.4) is 0 Å². The first-order valence-electron chi connectivity index (χ1n) is 6.01. The van der Waals surface area contributed by atoms with Crippen LogP contribution in [0.25, 0.3) is 0 Å². The molecule has 1 heterocycles. The monoisotopic (exact) mass is 232 g/mol. The van der Waals surface area contributed by atoms with Crippen molar-refractivity contribution in [1.82, 2.24) is 4.90 Å². The topological polar surface area (TPSA) is 27.0 Å². The largest absolute Gasteiger partial charge is 0.298 e. The summed E-state index contributed by atoms with van der Waals surface area (Å²) in [7, 11) is 0. The van der Waals surface area contributed by atoms with E-state index in [9.17, 15) is 4.39 Å². The second kappa shape index (κ2) is 4.85. The highest BCUT2D eigenvalue weighted by Gasteiger charge is 2.26. The van der Waals surface area contributed by atoms with Gasteiger partial charge in [0.1, 0.15) is 5.82 Å². The average molecular weight is 232 g/mol. The van der Waals surface area contributed by atoms with Crippen molar-refractivity contribution in [2.24, 2.45) is 11.8 Å². The lowest BCUT2D eigenvalue weighted by molar-refractivity contribution is 0.311. The van der Waals surface area contributed by atoms with E-state index < -0.39 is 0 Å². The highest BCUT2D eigenvalue weighted by atomic mass is 19.1. The third-order valence-corrected chi connectivity index (χ3v) is 3.63. The fraction of sp³-hybridized carbons (Fsp3) is 0.500. The quantitative estimate of drug-likeness (QED) is 0.784.